The van der Waals surface area contributed by atoms with Gasteiger partial charge in [0.15, 0.2) is 5.16 Å². The van der Waals surface area contributed by atoms with E-state index < -0.39 is 0 Å². The summed E-state index contributed by atoms with van der Waals surface area (Å²) in [6, 6.07) is 15.7. The fraction of sp³-hybridized carbons (Fsp3) is 0.375. The highest BCUT2D eigenvalue weighted by molar-refractivity contribution is 7.99. The van der Waals surface area contributed by atoms with E-state index in [-0.39, 0.29) is 29.3 Å². The van der Waals surface area contributed by atoms with E-state index in [9.17, 15) is 9.59 Å². The highest BCUT2D eigenvalue weighted by atomic mass is 32.2. The minimum atomic E-state index is -0.112. The van der Waals surface area contributed by atoms with Crippen LogP contribution in [0.1, 0.15) is 38.7 Å². The highest BCUT2D eigenvalue weighted by Gasteiger charge is 2.29. The van der Waals surface area contributed by atoms with E-state index in [0.29, 0.717) is 16.1 Å². The Morgan fingerprint density at radius 2 is 1.73 bits per heavy atom. The first kappa shape index (κ1) is 20.7. The van der Waals surface area contributed by atoms with Crippen LogP contribution in [-0.4, -0.2) is 38.2 Å². The Labute approximate surface area is 181 Å². The molecule has 1 amide bonds. The molecule has 0 spiro atoms. The number of aryl methyl sites for hydroxylation is 1. The largest absolute Gasteiger partial charge is 0.337 e. The number of rotatable bonds is 4. The average Bonchev–Trinajstić information content (AvgIpc) is 2.73. The maximum atomic E-state index is 13.3. The molecule has 0 N–H and O–H groups in total. The Bertz CT molecular complexity index is 1110. The van der Waals surface area contributed by atoms with Crippen LogP contribution in [0.2, 0.25) is 0 Å². The van der Waals surface area contributed by atoms with Crippen LogP contribution in [0.3, 0.4) is 0 Å². The van der Waals surface area contributed by atoms with Crippen molar-refractivity contribution in [1.82, 2.24) is 14.5 Å². The molecule has 3 aromatic rings. The summed E-state index contributed by atoms with van der Waals surface area (Å²) in [7, 11) is 0. The lowest BCUT2D eigenvalue weighted by molar-refractivity contribution is -0.134. The molecule has 0 saturated carbocycles. The molecule has 5 nitrogen and oxygen atoms in total. The minimum Gasteiger partial charge on any atom is -0.337 e. The Kier molecular flexibility index (Phi) is 5.95. The lowest BCUT2D eigenvalue weighted by atomic mass is 9.98. The van der Waals surface area contributed by atoms with Gasteiger partial charge < -0.3 is 4.90 Å². The van der Waals surface area contributed by atoms with Crippen LogP contribution >= 0.6 is 11.8 Å². The standard InChI is InChI=1S/C24H27N3O2S/c1-16-11-13-19(14-12-16)27-23(29)20-9-4-5-10-21(20)25-24(27)30-15-22(28)26-17(2)7-6-8-18(26)3/h4-5,9-14,17-18H,6-8,15H2,1-3H3/t17-,18-/m0/s1. The summed E-state index contributed by atoms with van der Waals surface area (Å²) in [5, 5.41) is 1.13. The molecule has 0 unspecified atom stereocenters. The molecule has 1 fully saturated rings. The fourth-order valence-electron chi connectivity index (χ4n) is 4.24. The van der Waals surface area contributed by atoms with E-state index >= 15 is 0 Å². The zero-order valence-corrected chi connectivity index (χ0v) is 18.5. The van der Waals surface area contributed by atoms with E-state index in [1.54, 1.807) is 10.6 Å². The molecule has 1 aliphatic rings. The molecule has 1 saturated heterocycles. The van der Waals surface area contributed by atoms with Crippen LogP contribution in [-0.2, 0) is 4.79 Å². The predicted octanol–water partition coefficient (Wildman–Crippen LogP) is 4.58. The summed E-state index contributed by atoms with van der Waals surface area (Å²) in [5.41, 5.74) is 2.43. The van der Waals surface area contributed by atoms with Gasteiger partial charge in [0.05, 0.1) is 22.3 Å². The predicted molar refractivity (Wildman–Crippen MR) is 122 cm³/mol. The van der Waals surface area contributed by atoms with Crippen LogP contribution < -0.4 is 5.56 Å². The van der Waals surface area contributed by atoms with Gasteiger partial charge in [0.1, 0.15) is 0 Å². The number of fused-ring (bicyclic) bond motifs is 1. The van der Waals surface area contributed by atoms with Gasteiger partial charge in [0.2, 0.25) is 5.91 Å². The van der Waals surface area contributed by atoms with Crippen molar-refractivity contribution in [3.05, 3.63) is 64.4 Å². The van der Waals surface area contributed by atoms with Gasteiger partial charge >= 0.3 is 0 Å². The molecular formula is C24H27N3O2S. The van der Waals surface area contributed by atoms with Crippen molar-refractivity contribution < 1.29 is 4.79 Å². The highest BCUT2D eigenvalue weighted by Crippen LogP contribution is 2.26. The average molecular weight is 422 g/mol. The number of likely N-dealkylation sites (tertiary alicyclic amines) is 1. The van der Waals surface area contributed by atoms with Gasteiger partial charge in [-0.2, -0.15) is 0 Å². The molecule has 1 aliphatic heterocycles. The normalized spacial score (nSPS) is 19.2. The number of carbonyl (C=O) groups excluding carboxylic acids is 1. The molecule has 156 valence electrons. The van der Waals surface area contributed by atoms with Crippen LogP contribution in [0.5, 0.6) is 0 Å². The second-order valence-corrected chi connectivity index (χ2v) is 9.05. The molecule has 6 heteroatoms. The molecule has 1 aromatic heterocycles. The van der Waals surface area contributed by atoms with Crippen molar-refractivity contribution in [1.29, 1.82) is 0 Å². The second kappa shape index (κ2) is 8.64. The number of piperidine rings is 1. The number of hydrogen-bond acceptors (Lipinski definition) is 4. The number of para-hydroxylation sites is 1. The molecular weight excluding hydrogens is 394 g/mol. The number of nitrogens with zero attached hydrogens (tertiary/aromatic N) is 3. The Balaban J connectivity index is 1.70. The molecule has 4 rings (SSSR count). The minimum absolute atomic E-state index is 0.109. The Hall–Kier alpha value is -2.60. The molecule has 30 heavy (non-hydrogen) atoms. The van der Waals surface area contributed by atoms with Crippen LogP contribution in [0, 0.1) is 6.92 Å². The molecule has 2 aromatic carbocycles. The summed E-state index contributed by atoms with van der Waals surface area (Å²) < 4.78 is 1.63. The second-order valence-electron chi connectivity index (χ2n) is 8.11. The molecule has 0 radical (unpaired) electrons. The zero-order valence-electron chi connectivity index (χ0n) is 17.7. The van der Waals surface area contributed by atoms with Crippen molar-refractivity contribution >= 4 is 28.6 Å². The van der Waals surface area contributed by atoms with Crippen LogP contribution in [0.25, 0.3) is 16.6 Å². The van der Waals surface area contributed by atoms with Gasteiger partial charge in [-0.05, 0) is 64.3 Å². The lowest BCUT2D eigenvalue weighted by Gasteiger charge is -2.39. The van der Waals surface area contributed by atoms with E-state index in [0.717, 1.165) is 24.1 Å². The number of benzene rings is 2. The third kappa shape index (κ3) is 4.01. The van der Waals surface area contributed by atoms with Gasteiger partial charge in [-0.3, -0.25) is 14.2 Å². The summed E-state index contributed by atoms with van der Waals surface area (Å²) in [6.45, 7) is 6.25. The van der Waals surface area contributed by atoms with Crippen molar-refractivity contribution in [2.24, 2.45) is 0 Å². The van der Waals surface area contributed by atoms with Gasteiger partial charge in [-0.1, -0.05) is 41.6 Å². The first-order chi connectivity index (χ1) is 14.5. The van der Waals surface area contributed by atoms with E-state index in [1.807, 2.05) is 54.3 Å². The Morgan fingerprint density at radius 3 is 2.43 bits per heavy atom. The first-order valence-corrected chi connectivity index (χ1v) is 11.5. The third-order valence-corrected chi connectivity index (χ3v) is 6.77. The molecule has 2 heterocycles. The van der Waals surface area contributed by atoms with Crippen LogP contribution in [0.15, 0.2) is 58.5 Å². The first-order valence-electron chi connectivity index (χ1n) is 10.5. The van der Waals surface area contributed by atoms with E-state index in [1.165, 1.54) is 18.2 Å². The third-order valence-electron chi connectivity index (χ3n) is 5.84. The van der Waals surface area contributed by atoms with Crippen molar-refractivity contribution in [3.63, 3.8) is 0 Å². The van der Waals surface area contributed by atoms with Crippen molar-refractivity contribution in [3.8, 4) is 5.69 Å². The fourth-order valence-corrected chi connectivity index (χ4v) is 5.13. The van der Waals surface area contributed by atoms with Gasteiger partial charge in [0, 0.05) is 12.1 Å². The Morgan fingerprint density at radius 1 is 1.07 bits per heavy atom. The van der Waals surface area contributed by atoms with Crippen molar-refractivity contribution in [2.45, 2.75) is 57.3 Å². The van der Waals surface area contributed by atoms with E-state index in [2.05, 4.69) is 13.8 Å². The van der Waals surface area contributed by atoms with Gasteiger partial charge in [-0.15, -0.1) is 0 Å². The topological polar surface area (TPSA) is 55.2 Å². The van der Waals surface area contributed by atoms with Crippen molar-refractivity contribution in [2.75, 3.05) is 5.75 Å². The number of hydrogen-bond donors (Lipinski definition) is 0. The number of carbonyl (C=O) groups is 1. The number of thioether (sulfide) groups is 1. The quantitative estimate of drug-likeness (QED) is 0.457. The number of aromatic nitrogens is 2. The lowest BCUT2D eigenvalue weighted by Crippen LogP contribution is -2.48. The number of amides is 1. The summed E-state index contributed by atoms with van der Waals surface area (Å²) in [6.07, 6.45) is 3.25. The maximum absolute atomic E-state index is 13.3. The van der Waals surface area contributed by atoms with E-state index in [4.69, 9.17) is 4.98 Å². The smallest absolute Gasteiger partial charge is 0.266 e. The summed E-state index contributed by atoms with van der Waals surface area (Å²) in [5.74, 6) is 0.378. The molecule has 0 bridgehead atoms. The zero-order chi connectivity index (χ0) is 21.3. The summed E-state index contributed by atoms with van der Waals surface area (Å²) >= 11 is 1.34. The SMILES string of the molecule is Cc1ccc(-n2c(SCC(=O)N3[C@@H](C)CCC[C@@H]3C)nc3ccccc3c2=O)cc1. The molecule has 2 atom stereocenters. The van der Waals surface area contributed by atoms with Crippen LogP contribution in [0.4, 0.5) is 0 Å². The maximum Gasteiger partial charge on any atom is 0.266 e. The van der Waals surface area contributed by atoms with Gasteiger partial charge in [-0.25, -0.2) is 4.98 Å². The summed E-state index contributed by atoms with van der Waals surface area (Å²) in [4.78, 5) is 33.1. The monoisotopic (exact) mass is 421 g/mol. The van der Waals surface area contributed by atoms with Gasteiger partial charge in [0.25, 0.3) is 5.56 Å². The molecule has 0 aliphatic carbocycles.